The Balaban J connectivity index is -0.000000548. The Morgan fingerprint density at radius 1 is 0.667 bits per heavy atom. The lowest BCUT2D eigenvalue weighted by Crippen LogP contribution is -2.45. The van der Waals surface area contributed by atoms with Gasteiger partial charge in [-0.05, 0) is 33.1 Å². The zero-order valence-electron chi connectivity index (χ0n) is 23.4. The topological polar surface area (TPSA) is 318 Å². The van der Waals surface area contributed by atoms with Crippen LogP contribution in [0.25, 0.3) is 0 Å². The van der Waals surface area contributed by atoms with E-state index in [0.717, 1.165) is 4.90 Å². The summed E-state index contributed by atoms with van der Waals surface area (Å²) in [6.07, 6.45) is 1.06. The molecule has 246 valence electrons. The van der Waals surface area contributed by atoms with Crippen molar-refractivity contribution in [3.05, 3.63) is 0 Å². The third kappa shape index (κ3) is 20.3. The van der Waals surface area contributed by atoms with Crippen LogP contribution in [0.4, 0.5) is 4.79 Å². The van der Waals surface area contributed by atoms with Gasteiger partial charge < -0.3 is 60.7 Å². The molecule has 0 aliphatic rings. The highest BCUT2D eigenvalue weighted by Crippen LogP contribution is 2.16. The molecule has 0 unspecified atom stereocenters. The van der Waals surface area contributed by atoms with Gasteiger partial charge in [-0.2, -0.15) is 0 Å². The number of unbranched alkanes of at least 4 members (excludes halogenated alkanes) is 2. The number of aliphatic hydroxyl groups excluding tert-OH is 6. The second-order valence-electron chi connectivity index (χ2n) is 8.94. The fraction of sp³-hybridized carbons (Fsp3) is 0.739. The Morgan fingerprint density at radius 3 is 1.55 bits per heavy atom. The van der Waals surface area contributed by atoms with Crippen LogP contribution in [-0.2, 0) is 33.4 Å². The molecule has 0 saturated heterocycles. The molecule has 0 fully saturated rings. The van der Waals surface area contributed by atoms with Crippen LogP contribution in [0.15, 0.2) is 0 Å². The summed E-state index contributed by atoms with van der Waals surface area (Å²) in [6.45, 7) is -1.99. The van der Waals surface area contributed by atoms with Crippen LogP contribution in [0.2, 0.25) is 0 Å². The van der Waals surface area contributed by atoms with Crippen molar-refractivity contribution in [2.24, 2.45) is 10.8 Å². The van der Waals surface area contributed by atoms with E-state index in [9.17, 15) is 28.8 Å². The maximum absolute atomic E-state index is 11.1. The molecule has 2 amide bonds. The van der Waals surface area contributed by atoms with Crippen LogP contribution in [0.5, 0.6) is 0 Å². The lowest BCUT2D eigenvalue weighted by molar-refractivity contribution is -0.166. The molecule has 0 saturated carbocycles. The average molecular weight is 619 g/mol. The molecule has 0 heterocycles. The van der Waals surface area contributed by atoms with Crippen LogP contribution >= 0.6 is 0 Å². The number of amides is 2. The number of aliphatic hydroxyl groups is 6. The van der Waals surface area contributed by atoms with Crippen LogP contribution in [-0.4, -0.2) is 146 Å². The van der Waals surface area contributed by atoms with Gasteiger partial charge in [-0.1, -0.05) is 0 Å². The highest BCUT2D eigenvalue weighted by atomic mass is 16.6. The Kier molecular flexibility index (Phi) is 24.5. The van der Waals surface area contributed by atoms with E-state index in [1.54, 1.807) is 0 Å². The van der Waals surface area contributed by atoms with Gasteiger partial charge in [-0.3, -0.25) is 24.1 Å². The number of hydrogen-bond acceptors (Lipinski definition) is 14. The molecule has 0 atom stereocenters. The van der Waals surface area contributed by atoms with Crippen LogP contribution in [0, 0.1) is 10.8 Å². The van der Waals surface area contributed by atoms with E-state index in [2.05, 4.69) is 10.1 Å². The molecule has 0 aliphatic heterocycles. The number of carbonyl (C=O) groups is 6. The molecule has 0 spiro atoms. The minimum Gasteiger partial charge on any atom is -0.481 e. The van der Waals surface area contributed by atoms with E-state index in [4.69, 9.17) is 50.7 Å². The fourth-order valence-electron chi connectivity index (χ4n) is 2.01. The summed E-state index contributed by atoms with van der Waals surface area (Å²) >= 11 is 0. The maximum Gasteiger partial charge on any atom is 0.413 e. The molecule has 0 aromatic heterocycles. The van der Waals surface area contributed by atoms with Crippen molar-refractivity contribution < 1.29 is 84.2 Å². The van der Waals surface area contributed by atoms with E-state index in [1.807, 2.05) is 0 Å². The first-order valence-electron chi connectivity index (χ1n) is 12.2. The average Bonchev–Trinajstić information content (AvgIpc) is 2.96. The molecular weight excluding hydrogens is 576 g/mol. The third-order valence-electron chi connectivity index (χ3n) is 5.02. The summed E-state index contributed by atoms with van der Waals surface area (Å²) in [4.78, 5) is 64.2. The van der Waals surface area contributed by atoms with Crippen molar-refractivity contribution in [2.45, 2.75) is 39.5 Å². The molecule has 0 aromatic rings. The largest absolute Gasteiger partial charge is 0.481 e. The first kappa shape index (κ1) is 42.8. The summed E-state index contributed by atoms with van der Waals surface area (Å²) in [5.74, 6) is -4.92. The molecule has 10 N–H and O–H groups in total. The number of nitrogens with one attached hydrogen (secondary N) is 1. The second-order valence-corrected chi connectivity index (χ2v) is 8.94. The first-order chi connectivity index (χ1) is 19.5. The number of nitrogens with zero attached hydrogens (tertiary/aromatic N) is 1. The standard InChI is InChI=1S/C9H17NO6.C7H13NO5.C7H12O6/c11-6-10(7-12)9(15)16-5-3-1-2-4-8(13)14;1-7(3-9,4-10)6(13)8-2-5(11)12;1-7(3-8,4-9)6(12)13-2-5(10)11/h11-12H,1-7H2,(H,13,14);9-10H,2-4H2,1H3,(H,8,13)(H,11,12);8-9H,2-4H2,1H3,(H,10,11). The summed E-state index contributed by atoms with van der Waals surface area (Å²) in [5, 5.41) is 78.9. The van der Waals surface area contributed by atoms with Crippen molar-refractivity contribution in [2.75, 3.05) is 59.6 Å². The van der Waals surface area contributed by atoms with E-state index in [-0.39, 0.29) is 13.0 Å². The van der Waals surface area contributed by atoms with Gasteiger partial charge in [-0.15, -0.1) is 0 Å². The first-order valence-corrected chi connectivity index (χ1v) is 12.2. The minimum atomic E-state index is -1.44. The van der Waals surface area contributed by atoms with Gasteiger partial charge in [0.15, 0.2) is 6.61 Å². The van der Waals surface area contributed by atoms with Crippen molar-refractivity contribution in [1.82, 2.24) is 10.2 Å². The maximum atomic E-state index is 11.1. The lowest BCUT2D eigenvalue weighted by atomic mass is 9.92. The van der Waals surface area contributed by atoms with Crippen LogP contribution < -0.4 is 5.32 Å². The van der Waals surface area contributed by atoms with Gasteiger partial charge >= 0.3 is 30.0 Å². The third-order valence-corrected chi connectivity index (χ3v) is 5.02. The Labute approximate surface area is 240 Å². The number of carboxylic acids is 3. The Bertz CT molecular complexity index is 780. The van der Waals surface area contributed by atoms with Gasteiger partial charge in [0.05, 0.1) is 38.4 Å². The van der Waals surface area contributed by atoms with Gasteiger partial charge in [-0.25, -0.2) is 9.59 Å². The molecule has 0 radical (unpaired) electrons. The number of esters is 1. The number of carbonyl (C=O) groups excluding carboxylic acids is 3. The van der Waals surface area contributed by atoms with Gasteiger partial charge in [0.25, 0.3) is 0 Å². The van der Waals surface area contributed by atoms with Gasteiger partial charge in [0.2, 0.25) is 5.91 Å². The lowest BCUT2D eigenvalue weighted by Gasteiger charge is -2.22. The second kappa shape index (κ2) is 24.0. The monoisotopic (exact) mass is 618 g/mol. The summed E-state index contributed by atoms with van der Waals surface area (Å²) in [7, 11) is 0. The zero-order valence-corrected chi connectivity index (χ0v) is 23.4. The Morgan fingerprint density at radius 2 is 1.17 bits per heavy atom. The normalized spacial score (nSPS) is 10.6. The van der Waals surface area contributed by atoms with Crippen molar-refractivity contribution >= 4 is 35.9 Å². The van der Waals surface area contributed by atoms with Crippen molar-refractivity contribution in [1.29, 1.82) is 0 Å². The highest BCUT2D eigenvalue weighted by molar-refractivity contribution is 5.85. The smallest absolute Gasteiger partial charge is 0.413 e. The molecule has 19 nitrogen and oxygen atoms in total. The zero-order chi connectivity index (χ0) is 33.4. The summed E-state index contributed by atoms with van der Waals surface area (Å²) in [5.41, 5.74) is -2.76. The fourth-order valence-corrected chi connectivity index (χ4v) is 2.01. The van der Waals surface area contributed by atoms with Crippen molar-refractivity contribution in [3.63, 3.8) is 0 Å². The summed E-state index contributed by atoms with van der Waals surface area (Å²) in [6, 6.07) is 0. The molecule has 19 heteroatoms. The number of aliphatic carboxylic acids is 3. The number of ether oxygens (including phenoxy) is 2. The van der Waals surface area contributed by atoms with Gasteiger partial charge in [0, 0.05) is 6.42 Å². The Hall–Kier alpha value is -3.62. The number of rotatable bonds is 18. The molecule has 0 bridgehead atoms. The molecule has 0 rings (SSSR count). The molecular formula is C23H42N2O17. The minimum absolute atomic E-state index is 0.105. The number of carboxylic acid groups (broad SMARTS) is 3. The molecule has 0 aliphatic carbocycles. The predicted octanol–water partition coefficient (Wildman–Crippen LogP) is -3.25. The van der Waals surface area contributed by atoms with Gasteiger partial charge in [0.1, 0.15) is 25.4 Å². The predicted molar refractivity (Wildman–Crippen MR) is 137 cm³/mol. The van der Waals surface area contributed by atoms with E-state index in [0.29, 0.717) is 19.3 Å². The van der Waals surface area contributed by atoms with E-state index < -0.39 is 99.7 Å². The highest BCUT2D eigenvalue weighted by Gasteiger charge is 2.34. The number of hydrogen-bond donors (Lipinski definition) is 10. The molecule has 0 aromatic carbocycles. The van der Waals surface area contributed by atoms with E-state index in [1.165, 1.54) is 13.8 Å². The van der Waals surface area contributed by atoms with Crippen LogP contribution in [0.3, 0.4) is 0 Å². The SMILES string of the molecule is CC(CO)(CO)C(=O)NCC(=O)O.CC(CO)(CO)C(=O)OCC(=O)O.O=C(O)CCCCCOC(=O)N(CO)CO. The van der Waals surface area contributed by atoms with Crippen LogP contribution in [0.1, 0.15) is 39.5 Å². The summed E-state index contributed by atoms with van der Waals surface area (Å²) < 4.78 is 9.00. The van der Waals surface area contributed by atoms with E-state index >= 15 is 0 Å². The van der Waals surface area contributed by atoms with Crippen molar-refractivity contribution in [3.8, 4) is 0 Å². The molecule has 42 heavy (non-hydrogen) atoms. The quantitative estimate of drug-likeness (QED) is 0.0409.